The number of unbranched alkanes of at least 4 members (excludes halogenated alkanes) is 1. The van der Waals surface area contributed by atoms with Gasteiger partial charge in [0.15, 0.2) is 6.29 Å². The molecule has 2 nitrogen and oxygen atoms in total. The van der Waals surface area contributed by atoms with E-state index in [1.54, 1.807) is 0 Å². The van der Waals surface area contributed by atoms with Gasteiger partial charge in [0.25, 0.3) is 0 Å². The van der Waals surface area contributed by atoms with Crippen molar-refractivity contribution >= 4 is 0 Å². The fourth-order valence-corrected chi connectivity index (χ4v) is 1.37. The molecule has 2 heteroatoms. The Bertz CT molecular complexity index is 97.7. The summed E-state index contributed by atoms with van der Waals surface area (Å²) in [5.41, 5.74) is 0. The topological polar surface area (TPSA) is 18.5 Å². The van der Waals surface area contributed by atoms with Gasteiger partial charge in [0, 0.05) is 5.92 Å². The van der Waals surface area contributed by atoms with Crippen LogP contribution in [0.25, 0.3) is 0 Å². The van der Waals surface area contributed by atoms with Gasteiger partial charge in [0.05, 0.1) is 13.2 Å². The summed E-state index contributed by atoms with van der Waals surface area (Å²) in [6.07, 6.45) is 3.85. The summed E-state index contributed by atoms with van der Waals surface area (Å²) in [5, 5.41) is 0. The van der Waals surface area contributed by atoms with Gasteiger partial charge in [-0.25, -0.2) is 0 Å². The Morgan fingerprint density at radius 1 is 1.36 bits per heavy atom. The minimum Gasteiger partial charge on any atom is -0.350 e. The molecule has 0 aromatic heterocycles. The maximum absolute atomic E-state index is 5.39. The van der Waals surface area contributed by atoms with Crippen LogP contribution < -0.4 is 0 Å². The van der Waals surface area contributed by atoms with Gasteiger partial charge in [-0.2, -0.15) is 0 Å². The molecule has 1 fully saturated rings. The minimum absolute atomic E-state index is 0.0848. The quantitative estimate of drug-likeness (QED) is 0.624. The van der Waals surface area contributed by atoms with E-state index in [-0.39, 0.29) is 6.29 Å². The zero-order valence-electron chi connectivity index (χ0n) is 7.51. The van der Waals surface area contributed by atoms with E-state index in [0.717, 1.165) is 13.2 Å². The number of hydrogen-bond acceptors (Lipinski definition) is 2. The van der Waals surface area contributed by atoms with Crippen molar-refractivity contribution < 1.29 is 9.47 Å². The third kappa shape index (κ3) is 2.80. The van der Waals surface area contributed by atoms with Crippen LogP contribution in [0.3, 0.4) is 0 Å². The first-order valence-corrected chi connectivity index (χ1v) is 4.57. The lowest BCUT2D eigenvalue weighted by Crippen LogP contribution is -2.18. The molecule has 0 radical (unpaired) electrons. The second-order valence-corrected chi connectivity index (χ2v) is 3.23. The van der Waals surface area contributed by atoms with Gasteiger partial charge in [-0.15, -0.1) is 0 Å². The number of ether oxygens (including phenoxy) is 2. The second kappa shape index (κ2) is 4.73. The van der Waals surface area contributed by atoms with Crippen molar-refractivity contribution in [2.75, 3.05) is 13.2 Å². The first-order chi connectivity index (χ1) is 5.34. The lowest BCUT2D eigenvalue weighted by atomic mass is 10.0. The Morgan fingerprint density at radius 3 is 2.55 bits per heavy atom. The Labute approximate surface area is 68.9 Å². The summed E-state index contributed by atoms with van der Waals surface area (Å²) < 4.78 is 10.8. The molecule has 0 bridgehead atoms. The summed E-state index contributed by atoms with van der Waals surface area (Å²) in [6, 6.07) is 0. The van der Waals surface area contributed by atoms with Crippen LogP contribution >= 0.6 is 0 Å². The first kappa shape index (κ1) is 9.01. The Hall–Kier alpha value is -0.0800. The maximum Gasteiger partial charge on any atom is 0.160 e. The Kier molecular flexibility index (Phi) is 3.87. The molecule has 1 rings (SSSR count). The first-order valence-electron chi connectivity index (χ1n) is 4.57. The summed E-state index contributed by atoms with van der Waals surface area (Å²) in [5.74, 6) is 0.567. The zero-order valence-corrected chi connectivity index (χ0v) is 7.51. The standard InChI is InChI=1S/C9H18O2/c1-3-4-5-8(2)9-10-6-7-11-9/h8-9H,3-7H2,1-2H3. The van der Waals surface area contributed by atoms with E-state index in [9.17, 15) is 0 Å². The van der Waals surface area contributed by atoms with Crippen molar-refractivity contribution in [3.63, 3.8) is 0 Å². The molecule has 1 aliphatic rings. The van der Waals surface area contributed by atoms with Crippen LogP contribution in [0.1, 0.15) is 33.1 Å². The highest BCUT2D eigenvalue weighted by Crippen LogP contribution is 2.19. The molecule has 1 atom stereocenters. The van der Waals surface area contributed by atoms with Crippen molar-refractivity contribution in [2.24, 2.45) is 5.92 Å². The predicted molar refractivity (Wildman–Crippen MR) is 44.4 cm³/mol. The van der Waals surface area contributed by atoms with E-state index in [4.69, 9.17) is 9.47 Å². The highest BCUT2D eigenvalue weighted by atomic mass is 16.7. The molecule has 11 heavy (non-hydrogen) atoms. The molecule has 1 aliphatic heterocycles. The fourth-order valence-electron chi connectivity index (χ4n) is 1.37. The van der Waals surface area contributed by atoms with E-state index >= 15 is 0 Å². The van der Waals surface area contributed by atoms with Gasteiger partial charge < -0.3 is 9.47 Å². The molecule has 1 saturated heterocycles. The molecule has 0 saturated carbocycles. The van der Waals surface area contributed by atoms with Crippen LogP contribution in [-0.2, 0) is 9.47 Å². The van der Waals surface area contributed by atoms with E-state index in [2.05, 4.69) is 13.8 Å². The maximum atomic E-state index is 5.39. The smallest absolute Gasteiger partial charge is 0.160 e. The lowest BCUT2D eigenvalue weighted by Gasteiger charge is -2.16. The van der Waals surface area contributed by atoms with Crippen LogP contribution in [0.15, 0.2) is 0 Å². The predicted octanol–water partition coefficient (Wildman–Crippen LogP) is 2.19. The van der Waals surface area contributed by atoms with Crippen molar-refractivity contribution in [3.8, 4) is 0 Å². The molecular weight excluding hydrogens is 140 g/mol. The van der Waals surface area contributed by atoms with E-state index in [1.807, 2.05) is 0 Å². The molecule has 66 valence electrons. The molecule has 0 spiro atoms. The summed E-state index contributed by atoms with van der Waals surface area (Å²) in [7, 11) is 0. The third-order valence-corrected chi connectivity index (χ3v) is 2.13. The normalized spacial score (nSPS) is 22.4. The van der Waals surface area contributed by atoms with E-state index in [0.29, 0.717) is 5.92 Å². The van der Waals surface area contributed by atoms with E-state index < -0.39 is 0 Å². The average Bonchev–Trinajstić information content (AvgIpc) is 2.52. The molecular formula is C9H18O2. The summed E-state index contributed by atoms with van der Waals surface area (Å²) >= 11 is 0. The summed E-state index contributed by atoms with van der Waals surface area (Å²) in [6.45, 7) is 5.97. The largest absolute Gasteiger partial charge is 0.350 e. The van der Waals surface area contributed by atoms with Gasteiger partial charge in [0.2, 0.25) is 0 Å². The third-order valence-electron chi connectivity index (χ3n) is 2.13. The van der Waals surface area contributed by atoms with Crippen LogP contribution in [0.2, 0.25) is 0 Å². The highest BCUT2D eigenvalue weighted by Gasteiger charge is 2.22. The number of hydrogen-bond donors (Lipinski definition) is 0. The van der Waals surface area contributed by atoms with Crippen molar-refractivity contribution in [1.82, 2.24) is 0 Å². The van der Waals surface area contributed by atoms with Gasteiger partial charge >= 0.3 is 0 Å². The molecule has 1 heterocycles. The second-order valence-electron chi connectivity index (χ2n) is 3.23. The van der Waals surface area contributed by atoms with Gasteiger partial charge in [-0.3, -0.25) is 0 Å². The van der Waals surface area contributed by atoms with Crippen molar-refractivity contribution in [1.29, 1.82) is 0 Å². The molecule has 0 N–H and O–H groups in total. The van der Waals surface area contributed by atoms with Crippen LogP contribution in [0.4, 0.5) is 0 Å². The molecule has 0 amide bonds. The van der Waals surface area contributed by atoms with Crippen molar-refractivity contribution in [3.05, 3.63) is 0 Å². The minimum atomic E-state index is 0.0848. The Balaban J connectivity index is 2.12. The molecule has 0 aromatic rings. The monoisotopic (exact) mass is 158 g/mol. The van der Waals surface area contributed by atoms with Crippen LogP contribution in [0.5, 0.6) is 0 Å². The number of rotatable bonds is 4. The molecule has 0 aliphatic carbocycles. The zero-order chi connectivity index (χ0) is 8.10. The SMILES string of the molecule is CCCCC(C)C1OCCO1. The van der Waals surface area contributed by atoms with Gasteiger partial charge in [0.1, 0.15) is 0 Å². The molecule has 0 aromatic carbocycles. The Morgan fingerprint density at radius 2 is 2.00 bits per heavy atom. The fraction of sp³-hybridized carbons (Fsp3) is 1.00. The average molecular weight is 158 g/mol. The lowest BCUT2D eigenvalue weighted by molar-refractivity contribution is -0.0805. The van der Waals surface area contributed by atoms with Crippen LogP contribution in [0, 0.1) is 5.92 Å². The molecule has 1 unspecified atom stereocenters. The van der Waals surface area contributed by atoms with Crippen molar-refractivity contribution in [2.45, 2.75) is 39.4 Å². The van der Waals surface area contributed by atoms with Gasteiger partial charge in [-0.1, -0.05) is 26.7 Å². The van der Waals surface area contributed by atoms with Crippen LogP contribution in [-0.4, -0.2) is 19.5 Å². The highest BCUT2D eigenvalue weighted by molar-refractivity contribution is 4.61. The van der Waals surface area contributed by atoms with Gasteiger partial charge in [-0.05, 0) is 6.42 Å². The summed E-state index contributed by atoms with van der Waals surface area (Å²) in [4.78, 5) is 0. The van der Waals surface area contributed by atoms with E-state index in [1.165, 1.54) is 19.3 Å².